The van der Waals surface area contributed by atoms with Gasteiger partial charge in [0.05, 0.1) is 0 Å². The zero-order chi connectivity index (χ0) is 15.0. The van der Waals surface area contributed by atoms with Crippen molar-refractivity contribution in [2.45, 2.75) is 64.3 Å². The van der Waals surface area contributed by atoms with Gasteiger partial charge in [0.25, 0.3) is 0 Å². The minimum absolute atomic E-state index is 0.700. The lowest BCUT2D eigenvalue weighted by Gasteiger charge is -2.32. The number of nitrogens with zero attached hydrogens (tertiary/aromatic N) is 1. The highest BCUT2D eigenvalue weighted by Gasteiger charge is 2.30. The summed E-state index contributed by atoms with van der Waals surface area (Å²) in [7, 11) is 1.73. The van der Waals surface area contributed by atoms with Crippen LogP contribution in [-0.4, -0.2) is 48.2 Å². The number of rotatable bonds is 9. The molecule has 0 saturated carbocycles. The smallest absolute Gasteiger partial charge is 0.323 e. The summed E-state index contributed by atoms with van der Waals surface area (Å²) in [6.07, 6.45) is 8.15. The van der Waals surface area contributed by atoms with Crippen molar-refractivity contribution < 1.29 is 9.90 Å². The Hall–Kier alpha value is -0.610. The number of unbranched alkanes of at least 4 members (excludes halogenated alkanes) is 1. The highest BCUT2D eigenvalue weighted by molar-refractivity contribution is 5.78. The number of piperidine rings is 1. The number of likely N-dealkylation sites (tertiary alicyclic amines) is 1. The quantitative estimate of drug-likeness (QED) is 0.639. The third-order valence-corrected chi connectivity index (χ3v) is 4.83. The van der Waals surface area contributed by atoms with Crippen LogP contribution >= 0.6 is 0 Å². The predicted octanol–water partition coefficient (Wildman–Crippen LogP) is 2.73. The Morgan fingerprint density at radius 1 is 1.35 bits per heavy atom. The minimum Gasteiger partial charge on any atom is -0.480 e. The van der Waals surface area contributed by atoms with Gasteiger partial charge in [0, 0.05) is 0 Å². The van der Waals surface area contributed by atoms with Crippen LogP contribution in [0.25, 0.3) is 0 Å². The van der Waals surface area contributed by atoms with Crippen LogP contribution in [0.1, 0.15) is 58.8 Å². The first-order valence-corrected chi connectivity index (χ1v) is 8.16. The van der Waals surface area contributed by atoms with E-state index >= 15 is 0 Å². The Morgan fingerprint density at radius 2 is 2.00 bits per heavy atom. The van der Waals surface area contributed by atoms with Crippen molar-refractivity contribution in [1.82, 2.24) is 10.2 Å². The van der Waals surface area contributed by atoms with E-state index in [1.165, 1.54) is 38.8 Å². The van der Waals surface area contributed by atoms with Crippen LogP contribution in [-0.2, 0) is 4.79 Å². The maximum atomic E-state index is 11.2. The molecular weight excluding hydrogens is 252 g/mol. The van der Waals surface area contributed by atoms with Gasteiger partial charge in [-0.2, -0.15) is 0 Å². The first-order valence-electron chi connectivity index (χ1n) is 8.16. The van der Waals surface area contributed by atoms with Crippen molar-refractivity contribution in [3.05, 3.63) is 0 Å². The molecule has 20 heavy (non-hydrogen) atoms. The van der Waals surface area contributed by atoms with Crippen LogP contribution in [0.15, 0.2) is 0 Å². The lowest BCUT2D eigenvalue weighted by molar-refractivity contribution is -0.144. The molecule has 4 nitrogen and oxygen atoms in total. The number of aliphatic carboxylic acids is 1. The summed E-state index contributed by atoms with van der Waals surface area (Å²) < 4.78 is 0. The van der Waals surface area contributed by atoms with E-state index in [1.54, 1.807) is 14.0 Å². The van der Waals surface area contributed by atoms with Crippen LogP contribution in [0.4, 0.5) is 0 Å². The molecule has 0 aromatic rings. The highest BCUT2D eigenvalue weighted by Crippen LogP contribution is 2.22. The fraction of sp³-hybridized carbons (Fsp3) is 0.938. The molecule has 4 heteroatoms. The molecule has 0 aromatic carbocycles. The summed E-state index contributed by atoms with van der Waals surface area (Å²) >= 11 is 0. The molecule has 1 rings (SSSR count). The zero-order valence-electron chi connectivity index (χ0n) is 13.5. The number of carbonyl (C=O) groups is 1. The van der Waals surface area contributed by atoms with Crippen molar-refractivity contribution in [3.8, 4) is 0 Å². The maximum Gasteiger partial charge on any atom is 0.323 e. The second-order valence-corrected chi connectivity index (χ2v) is 6.42. The number of nitrogens with one attached hydrogen (secondary N) is 1. The monoisotopic (exact) mass is 284 g/mol. The molecule has 0 amide bonds. The van der Waals surface area contributed by atoms with Gasteiger partial charge in [0.2, 0.25) is 0 Å². The SMILES string of the molecule is CCCC1CCN(CCCCC(C)(NC)C(=O)O)CC1. The molecule has 0 aromatic heterocycles. The van der Waals surface area contributed by atoms with Crippen LogP contribution < -0.4 is 5.32 Å². The minimum atomic E-state index is -0.770. The Kier molecular flexibility index (Phi) is 7.52. The number of hydrogen-bond donors (Lipinski definition) is 2. The zero-order valence-corrected chi connectivity index (χ0v) is 13.5. The Bertz CT molecular complexity index is 288. The number of carboxylic acid groups (broad SMARTS) is 1. The van der Waals surface area contributed by atoms with Crippen molar-refractivity contribution in [2.24, 2.45) is 5.92 Å². The van der Waals surface area contributed by atoms with Crippen molar-refractivity contribution in [2.75, 3.05) is 26.7 Å². The summed E-state index contributed by atoms with van der Waals surface area (Å²) in [6.45, 7) is 7.62. The fourth-order valence-electron chi connectivity index (χ4n) is 3.06. The van der Waals surface area contributed by atoms with E-state index in [0.29, 0.717) is 6.42 Å². The van der Waals surface area contributed by atoms with Crippen LogP contribution in [0.5, 0.6) is 0 Å². The largest absolute Gasteiger partial charge is 0.480 e. The van der Waals surface area contributed by atoms with E-state index < -0.39 is 11.5 Å². The standard InChI is InChI=1S/C16H32N2O2/c1-4-7-14-8-12-18(13-9-14)11-6-5-10-16(2,17-3)15(19)20/h14,17H,4-13H2,1-3H3,(H,19,20). The summed E-state index contributed by atoms with van der Waals surface area (Å²) in [4.78, 5) is 13.7. The Morgan fingerprint density at radius 3 is 2.50 bits per heavy atom. The molecule has 1 aliphatic heterocycles. The molecular formula is C16H32N2O2. The predicted molar refractivity (Wildman–Crippen MR) is 83.0 cm³/mol. The average molecular weight is 284 g/mol. The van der Waals surface area contributed by atoms with E-state index in [0.717, 1.165) is 25.3 Å². The van der Waals surface area contributed by atoms with Gasteiger partial charge in [-0.15, -0.1) is 0 Å². The number of likely N-dealkylation sites (N-methyl/N-ethyl adjacent to an activating group) is 1. The topological polar surface area (TPSA) is 52.6 Å². The number of carboxylic acids is 1. The second kappa shape index (κ2) is 8.63. The van der Waals surface area contributed by atoms with Gasteiger partial charge in [-0.05, 0) is 71.6 Å². The molecule has 1 aliphatic rings. The lowest BCUT2D eigenvalue weighted by Crippen LogP contribution is -2.47. The molecule has 2 N–H and O–H groups in total. The summed E-state index contributed by atoms with van der Waals surface area (Å²) in [5.74, 6) is 0.191. The highest BCUT2D eigenvalue weighted by atomic mass is 16.4. The lowest BCUT2D eigenvalue weighted by atomic mass is 9.92. The van der Waals surface area contributed by atoms with E-state index in [-0.39, 0.29) is 0 Å². The van der Waals surface area contributed by atoms with Gasteiger partial charge in [-0.25, -0.2) is 0 Å². The van der Waals surface area contributed by atoms with Crippen molar-refractivity contribution in [3.63, 3.8) is 0 Å². The van der Waals surface area contributed by atoms with Crippen LogP contribution in [0.3, 0.4) is 0 Å². The fourth-order valence-corrected chi connectivity index (χ4v) is 3.06. The van der Waals surface area contributed by atoms with Crippen LogP contribution in [0, 0.1) is 5.92 Å². The van der Waals surface area contributed by atoms with E-state index in [9.17, 15) is 9.90 Å². The van der Waals surface area contributed by atoms with Gasteiger partial charge >= 0.3 is 5.97 Å². The third kappa shape index (κ3) is 5.41. The summed E-state index contributed by atoms with van der Waals surface area (Å²) in [5.41, 5.74) is -0.770. The van der Waals surface area contributed by atoms with E-state index in [1.807, 2.05) is 0 Å². The molecule has 0 bridgehead atoms. The summed E-state index contributed by atoms with van der Waals surface area (Å²) in [5, 5.41) is 12.1. The molecule has 118 valence electrons. The van der Waals surface area contributed by atoms with E-state index in [2.05, 4.69) is 17.1 Å². The third-order valence-electron chi connectivity index (χ3n) is 4.83. The molecule has 0 radical (unpaired) electrons. The van der Waals surface area contributed by atoms with Gasteiger partial charge in [0.15, 0.2) is 0 Å². The average Bonchev–Trinajstić information content (AvgIpc) is 2.45. The Balaban J connectivity index is 2.15. The van der Waals surface area contributed by atoms with Gasteiger partial charge in [-0.1, -0.05) is 19.8 Å². The normalized spacial score (nSPS) is 20.8. The molecule has 0 aliphatic carbocycles. The van der Waals surface area contributed by atoms with Crippen LogP contribution in [0.2, 0.25) is 0 Å². The van der Waals surface area contributed by atoms with Crippen molar-refractivity contribution >= 4 is 5.97 Å². The molecule has 1 atom stereocenters. The molecule has 0 spiro atoms. The van der Waals surface area contributed by atoms with E-state index in [4.69, 9.17) is 0 Å². The van der Waals surface area contributed by atoms with Gasteiger partial charge in [0.1, 0.15) is 5.54 Å². The first kappa shape index (κ1) is 17.4. The van der Waals surface area contributed by atoms with Gasteiger partial charge < -0.3 is 15.3 Å². The number of hydrogen-bond acceptors (Lipinski definition) is 3. The first-order chi connectivity index (χ1) is 9.51. The summed E-state index contributed by atoms with van der Waals surface area (Å²) in [6, 6.07) is 0. The molecule has 1 heterocycles. The van der Waals surface area contributed by atoms with Crippen molar-refractivity contribution in [1.29, 1.82) is 0 Å². The van der Waals surface area contributed by atoms with Gasteiger partial charge in [-0.3, -0.25) is 4.79 Å². The molecule has 1 unspecified atom stereocenters. The Labute approximate surface area is 123 Å². The molecule has 1 saturated heterocycles. The second-order valence-electron chi connectivity index (χ2n) is 6.42. The maximum absolute atomic E-state index is 11.2. The molecule has 1 fully saturated rings.